The minimum atomic E-state index is -2.86. The number of carbonyl (C=O) groups excluding carboxylic acids is 1. The molecular formula is C17H25NO3S. The fourth-order valence-corrected chi connectivity index (χ4v) is 4.42. The molecular weight excluding hydrogens is 298 g/mol. The summed E-state index contributed by atoms with van der Waals surface area (Å²) in [6.07, 6.45) is 2.64. The van der Waals surface area contributed by atoms with E-state index >= 15 is 0 Å². The van der Waals surface area contributed by atoms with Gasteiger partial charge in [-0.15, -0.1) is 0 Å². The van der Waals surface area contributed by atoms with Gasteiger partial charge < -0.3 is 5.32 Å². The Morgan fingerprint density at radius 1 is 1.23 bits per heavy atom. The summed E-state index contributed by atoms with van der Waals surface area (Å²) in [7, 11) is -2.86. The average Bonchev–Trinajstić information content (AvgIpc) is 2.49. The van der Waals surface area contributed by atoms with Crippen LogP contribution in [0.2, 0.25) is 0 Å². The summed E-state index contributed by atoms with van der Waals surface area (Å²) in [5.41, 5.74) is 2.38. The zero-order chi connectivity index (χ0) is 16.2. The van der Waals surface area contributed by atoms with Crippen LogP contribution in [0.4, 0.5) is 0 Å². The van der Waals surface area contributed by atoms with Crippen molar-refractivity contribution in [3.63, 3.8) is 0 Å². The van der Waals surface area contributed by atoms with Crippen molar-refractivity contribution < 1.29 is 13.2 Å². The summed E-state index contributed by atoms with van der Waals surface area (Å²) in [6, 6.07) is 8.26. The second-order valence-electron chi connectivity index (χ2n) is 6.18. The van der Waals surface area contributed by atoms with Crippen LogP contribution in [0.1, 0.15) is 50.3 Å². The number of rotatable bonds is 5. The van der Waals surface area contributed by atoms with Crippen LogP contribution < -0.4 is 5.32 Å². The first kappa shape index (κ1) is 17.0. The fourth-order valence-electron chi connectivity index (χ4n) is 2.83. The highest BCUT2D eigenvalue weighted by molar-refractivity contribution is 7.91. The van der Waals surface area contributed by atoms with E-state index in [1.165, 1.54) is 5.56 Å². The zero-order valence-corrected chi connectivity index (χ0v) is 14.2. The lowest BCUT2D eigenvalue weighted by Gasteiger charge is -2.22. The minimum absolute atomic E-state index is 0.0105. The van der Waals surface area contributed by atoms with Gasteiger partial charge in [0.15, 0.2) is 0 Å². The molecule has 0 bridgehead atoms. The molecule has 1 saturated heterocycles. The van der Waals surface area contributed by atoms with Gasteiger partial charge in [-0.25, -0.2) is 8.42 Å². The molecule has 1 aromatic carbocycles. The van der Waals surface area contributed by atoms with Gasteiger partial charge in [-0.2, -0.15) is 0 Å². The van der Waals surface area contributed by atoms with E-state index in [1.54, 1.807) is 0 Å². The molecule has 1 aromatic rings. The summed E-state index contributed by atoms with van der Waals surface area (Å²) in [6.45, 7) is 4.09. The van der Waals surface area contributed by atoms with Crippen molar-refractivity contribution in [3.8, 4) is 0 Å². The van der Waals surface area contributed by atoms with Gasteiger partial charge in [0.05, 0.1) is 17.5 Å². The van der Waals surface area contributed by atoms with Crippen LogP contribution in [0, 0.1) is 5.92 Å². The molecule has 1 atom stereocenters. The number of sulfone groups is 1. The topological polar surface area (TPSA) is 63.2 Å². The normalized spacial score (nSPS) is 19.5. The Labute approximate surface area is 133 Å². The number of hydrogen-bond donors (Lipinski definition) is 1. The quantitative estimate of drug-likeness (QED) is 0.906. The van der Waals surface area contributed by atoms with Crippen molar-refractivity contribution >= 4 is 15.7 Å². The third-order valence-corrected chi connectivity index (χ3v) is 6.13. The van der Waals surface area contributed by atoms with E-state index in [0.717, 1.165) is 12.0 Å². The highest BCUT2D eigenvalue weighted by atomic mass is 32.2. The van der Waals surface area contributed by atoms with Crippen molar-refractivity contribution in [2.24, 2.45) is 5.92 Å². The monoisotopic (exact) mass is 323 g/mol. The molecule has 4 nitrogen and oxygen atoms in total. The first-order valence-electron chi connectivity index (χ1n) is 7.98. The summed E-state index contributed by atoms with van der Waals surface area (Å²) in [4.78, 5) is 12.1. The SMILES string of the molecule is CCc1ccc(C(C)NC(=O)CC2CCS(=O)(=O)CC2)cc1. The van der Waals surface area contributed by atoms with E-state index in [-0.39, 0.29) is 29.4 Å². The van der Waals surface area contributed by atoms with Crippen molar-refractivity contribution in [2.45, 2.75) is 45.6 Å². The van der Waals surface area contributed by atoms with E-state index in [9.17, 15) is 13.2 Å². The molecule has 0 aliphatic carbocycles. The third-order valence-electron chi connectivity index (χ3n) is 4.41. The molecule has 0 saturated carbocycles. The van der Waals surface area contributed by atoms with Gasteiger partial charge in [-0.1, -0.05) is 31.2 Å². The van der Waals surface area contributed by atoms with E-state index in [0.29, 0.717) is 19.3 Å². The zero-order valence-electron chi connectivity index (χ0n) is 13.3. The number of amides is 1. The molecule has 122 valence electrons. The first-order chi connectivity index (χ1) is 10.4. The Bertz CT molecular complexity index is 593. The first-order valence-corrected chi connectivity index (χ1v) is 9.80. The van der Waals surface area contributed by atoms with Crippen molar-refractivity contribution in [3.05, 3.63) is 35.4 Å². The van der Waals surface area contributed by atoms with E-state index in [4.69, 9.17) is 0 Å². The number of nitrogens with one attached hydrogen (secondary N) is 1. The van der Waals surface area contributed by atoms with Crippen molar-refractivity contribution in [2.75, 3.05) is 11.5 Å². The van der Waals surface area contributed by atoms with Crippen molar-refractivity contribution in [1.82, 2.24) is 5.32 Å². The van der Waals surface area contributed by atoms with Gasteiger partial charge in [0.1, 0.15) is 9.84 Å². The number of benzene rings is 1. The number of carbonyl (C=O) groups is 1. The summed E-state index contributed by atoms with van der Waals surface area (Å²) < 4.78 is 22.8. The number of hydrogen-bond acceptors (Lipinski definition) is 3. The van der Waals surface area contributed by atoms with Crippen molar-refractivity contribution in [1.29, 1.82) is 0 Å². The van der Waals surface area contributed by atoms with Crippen LogP contribution in [0.3, 0.4) is 0 Å². The van der Waals surface area contributed by atoms with Crippen LogP contribution in [0.25, 0.3) is 0 Å². The van der Waals surface area contributed by atoms with Crippen LogP contribution in [-0.4, -0.2) is 25.8 Å². The van der Waals surface area contributed by atoms with Gasteiger partial charge in [0.2, 0.25) is 5.91 Å². The van der Waals surface area contributed by atoms with E-state index in [2.05, 4.69) is 36.5 Å². The molecule has 0 spiro atoms. The maximum absolute atomic E-state index is 12.1. The molecule has 1 fully saturated rings. The molecule has 2 rings (SSSR count). The molecule has 22 heavy (non-hydrogen) atoms. The van der Waals surface area contributed by atoms with Crippen LogP contribution in [0.5, 0.6) is 0 Å². The average molecular weight is 323 g/mol. The minimum Gasteiger partial charge on any atom is -0.350 e. The molecule has 1 aliphatic heterocycles. The van der Waals surface area contributed by atoms with Gasteiger partial charge in [-0.3, -0.25) is 4.79 Å². The highest BCUT2D eigenvalue weighted by Crippen LogP contribution is 2.22. The molecule has 1 amide bonds. The van der Waals surface area contributed by atoms with Crippen LogP contribution in [0.15, 0.2) is 24.3 Å². The maximum Gasteiger partial charge on any atom is 0.220 e. The summed E-state index contributed by atoms with van der Waals surface area (Å²) >= 11 is 0. The summed E-state index contributed by atoms with van der Waals surface area (Å²) in [5, 5.41) is 3.01. The Hall–Kier alpha value is -1.36. The van der Waals surface area contributed by atoms with Gasteiger partial charge in [0.25, 0.3) is 0 Å². The molecule has 0 radical (unpaired) electrons. The molecule has 1 unspecified atom stereocenters. The van der Waals surface area contributed by atoms with E-state index in [1.807, 2.05) is 6.92 Å². The van der Waals surface area contributed by atoms with E-state index < -0.39 is 9.84 Å². The lowest BCUT2D eigenvalue weighted by molar-refractivity contribution is -0.122. The Balaban J connectivity index is 1.83. The Morgan fingerprint density at radius 2 is 1.82 bits per heavy atom. The lowest BCUT2D eigenvalue weighted by Crippen LogP contribution is -2.31. The fraction of sp³-hybridized carbons (Fsp3) is 0.588. The predicted molar refractivity (Wildman–Crippen MR) is 88.4 cm³/mol. The third kappa shape index (κ3) is 4.83. The second kappa shape index (κ2) is 7.27. The molecule has 1 N–H and O–H groups in total. The van der Waals surface area contributed by atoms with Gasteiger partial charge in [-0.05, 0) is 43.2 Å². The highest BCUT2D eigenvalue weighted by Gasteiger charge is 2.25. The molecule has 0 aromatic heterocycles. The van der Waals surface area contributed by atoms with Gasteiger partial charge in [0, 0.05) is 6.42 Å². The standard InChI is InChI=1S/C17H25NO3S/c1-3-14-4-6-16(7-5-14)13(2)18-17(19)12-15-8-10-22(20,21)11-9-15/h4-7,13,15H,3,8-12H2,1-2H3,(H,18,19). The Kier molecular flexibility index (Phi) is 5.62. The summed E-state index contributed by atoms with van der Waals surface area (Å²) in [5.74, 6) is 0.646. The maximum atomic E-state index is 12.1. The Morgan fingerprint density at radius 3 is 2.36 bits per heavy atom. The van der Waals surface area contributed by atoms with Crippen LogP contribution in [-0.2, 0) is 21.1 Å². The van der Waals surface area contributed by atoms with Crippen LogP contribution >= 0.6 is 0 Å². The molecule has 5 heteroatoms. The molecule has 1 aliphatic rings. The van der Waals surface area contributed by atoms with Gasteiger partial charge >= 0.3 is 0 Å². The smallest absolute Gasteiger partial charge is 0.220 e. The lowest BCUT2D eigenvalue weighted by atomic mass is 9.98. The molecule has 1 heterocycles. The number of aryl methyl sites for hydroxylation is 1. The second-order valence-corrected chi connectivity index (χ2v) is 8.49. The predicted octanol–water partition coefficient (Wildman–Crippen LogP) is 2.64. The largest absolute Gasteiger partial charge is 0.350 e.